The average Bonchev–Trinajstić information content (AvgIpc) is 3.01. The molecule has 1 aliphatic rings. The van der Waals surface area contributed by atoms with Gasteiger partial charge in [0.1, 0.15) is 5.75 Å². The number of ketones is 1. The number of hydrogen-bond acceptors (Lipinski definition) is 4. The quantitative estimate of drug-likeness (QED) is 0.744. The Morgan fingerprint density at radius 3 is 2.62 bits per heavy atom. The molecule has 1 aromatic rings. The number of benzene rings is 1. The van der Waals surface area contributed by atoms with Gasteiger partial charge in [0.25, 0.3) is 0 Å². The van der Waals surface area contributed by atoms with Crippen molar-refractivity contribution in [1.29, 1.82) is 0 Å². The van der Waals surface area contributed by atoms with Crippen molar-refractivity contribution in [3.8, 4) is 5.75 Å². The molecule has 0 atom stereocenters. The Morgan fingerprint density at radius 1 is 1.24 bits per heavy atom. The van der Waals surface area contributed by atoms with E-state index in [2.05, 4.69) is 0 Å². The van der Waals surface area contributed by atoms with Crippen molar-refractivity contribution < 1.29 is 14.3 Å². The molecule has 5 heteroatoms. The van der Waals surface area contributed by atoms with Gasteiger partial charge in [0.15, 0.2) is 5.78 Å². The van der Waals surface area contributed by atoms with E-state index in [1.807, 2.05) is 4.90 Å². The van der Waals surface area contributed by atoms with Gasteiger partial charge in [-0.2, -0.15) is 0 Å². The Balaban J connectivity index is 1.87. The number of amides is 1. The molecular weight excluding hydrogens is 268 g/mol. The van der Waals surface area contributed by atoms with Crippen LogP contribution >= 0.6 is 0 Å². The number of likely N-dealkylation sites (N-methyl/N-ethyl adjacent to an activating group) is 1. The minimum Gasteiger partial charge on any atom is -0.497 e. The maximum atomic E-state index is 12.2. The normalized spacial score (nSPS) is 14.5. The molecule has 1 amide bonds. The first kappa shape index (κ1) is 15.5. The molecule has 0 unspecified atom stereocenters. The van der Waals surface area contributed by atoms with Gasteiger partial charge in [0, 0.05) is 18.7 Å². The van der Waals surface area contributed by atoms with Crippen LogP contribution in [0.3, 0.4) is 0 Å². The maximum absolute atomic E-state index is 12.2. The smallest absolute Gasteiger partial charge is 0.236 e. The molecule has 1 fully saturated rings. The predicted molar refractivity (Wildman–Crippen MR) is 80.6 cm³/mol. The van der Waals surface area contributed by atoms with Crippen molar-refractivity contribution in [2.45, 2.75) is 12.8 Å². The van der Waals surface area contributed by atoms with Crippen LogP contribution in [0.4, 0.5) is 0 Å². The Bertz CT molecular complexity index is 510. The van der Waals surface area contributed by atoms with Crippen LogP contribution in [0.2, 0.25) is 0 Å². The minimum atomic E-state index is -0.00868. The molecule has 1 heterocycles. The van der Waals surface area contributed by atoms with Gasteiger partial charge in [-0.25, -0.2) is 0 Å². The molecule has 5 nitrogen and oxygen atoms in total. The van der Waals surface area contributed by atoms with E-state index in [0.717, 1.165) is 25.9 Å². The molecule has 114 valence electrons. The molecule has 0 saturated carbocycles. The molecule has 0 aromatic heterocycles. The van der Waals surface area contributed by atoms with Crippen molar-refractivity contribution in [1.82, 2.24) is 9.80 Å². The first-order valence-electron chi connectivity index (χ1n) is 7.23. The second-order valence-electron chi connectivity index (χ2n) is 5.42. The van der Waals surface area contributed by atoms with Gasteiger partial charge < -0.3 is 9.64 Å². The van der Waals surface area contributed by atoms with E-state index in [4.69, 9.17) is 4.74 Å². The average molecular weight is 290 g/mol. The van der Waals surface area contributed by atoms with E-state index in [1.54, 1.807) is 43.3 Å². The van der Waals surface area contributed by atoms with Crippen LogP contribution in [0, 0.1) is 0 Å². The summed E-state index contributed by atoms with van der Waals surface area (Å²) in [5.41, 5.74) is 0.606. The van der Waals surface area contributed by atoms with Crippen LogP contribution in [0.1, 0.15) is 23.2 Å². The lowest BCUT2D eigenvalue weighted by Gasteiger charge is -2.20. The summed E-state index contributed by atoms with van der Waals surface area (Å²) in [5, 5.41) is 0. The fraction of sp³-hybridized carbons (Fsp3) is 0.500. The monoisotopic (exact) mass is 290 g/mol. The fourth-order valence-corrected chi connectivity index (χ4v) is 2.49. The molecule has 21 heavy (non-hydrogen) atoms. The Hall–Kier alpha value is -1.88. The summed E-state index contributed by atoms with van der Waals surface area (Å²) in [5.74, 6) is 0.760. The molecule has 0 aliphatic carbocycles. The van der Waals surface area contributed by atoms with Gasteiger partial charge in [0.2, 0.25) is 5.91 Å². The zero-order valence-electron chi connectivity index (χ0n) is 12.7. The first-order chi connectivity index (χ1) is 10.1. The van der Waals surface area contributed by atoms with Gasteiger partial charge in [-0.3, -0.25) is 14.5 Å². The van der Waals surface area contributed by atoms with Gasteiger partial charge in [-0.05, 0) is 32.0 Å². The summed E-state index contributed by atoms with van der Waals surface area (Å²) < 4.78 is 5.12. The lowest BCUT2D eigenvalue weighted by atomic mass is 10.1. The topological polar surface area (TPSA) is 49.9 Å². The highest BCUT2D eigenvalue weighted by Crippen LogP contribution is 2.13. The summed E-state index contributed by atoms with van der Waals surface area (Å²) in [6, 6.07) is 7.08. The number of methoxy groups -OCH3 is 1. The van der Waals surface area contributed by atoms with E-state index >= 15 is 0 Å². The van der Waals surface area contributed by atoms with Crippen molar-refractivity contribution in [3.05, 3.63) is 29.8 Å². The fourth-order valence-electron chi connectivity index (χ4n) is 2.49. The number of hydrogen-bond donors (Lipinski definition) is 0. The third kappa shape index (κ3) is 4.29. The number of nitrogens with zero attached hydrogens (tertiary/aromatic N) is 2. The summed E-state index contributed by atoms with van der Waals surface area (Å²) >= 11 is 0. The van der Waals surface area contributed by atoms with Crippen LogP contribution in [-0.4, -0.2) is 61.8 Å². The maximum Gasteiger partial charge on any atom is 0.236 e. The van der Waals surface area contributed by atoms with E-state index in [0.29, 0.717) is 11.3 Å². The van der Waals surface area contributed by atoms with Gasteiger partial charge in [-0.1, -0.05) is 12.1 Å². The highest BCUT2D eigenvalue weighted by atomic mass is 16.5. The predicted octanol–water partition coefficient (Wildman–Crippen LogP) is 1.43. The van der Waals surface area contributed by atoms with E-state index < -0.39 is 0 Å². The van der Waals surface area contributed by atoms with E-state index in [1.165, 1.54) is 0 Å². The van der Waals surface area contributed by atoms with Crippen LogP contribution in [0.25, 0.3) is 0 Å². The summed E-state index contributed by atoms with van der Waals surface area (Å²) in [7, 11) is 3.37. The van der Waals surface area contributed by atoms with Gasteiger partial charge >= 0.3 is 0 Å². The SMILES string of the molecule is COc1cccc(C(=O)CN(C)CC(=O)N2CCCC2)c1. The minimum absolute atomic E-state index is 0.00868. The molecule has 0 radical (unpaired) electrons. The van der Waals surface area contributed by atoms with Crippen molar-refractivity contribution in [3.63, 3.8) is 0 Å². The Labute approximate surface area is 125 Å². The lowest BCUT2D eigenvalue weighted by Crippen LogP contribution is -2.39. The number of Topliss-reactive ketones (excluding diaryl/α,β-unsaturated/α-hetero) is 1. The number of carbonyl (C=O) groups is 2. The second-order valence-corrected chi connectivity index (χ2v) is 5.42. The zero-order chi connectivity index (χ0) is 15.2. The largest absolute Gasteiger partial charge is 0.497 e. The van der Waals surface area contributed by atoms with Crippen molar-refractivity contribution in [2.75, 3.05) is 40.3 Å². The molecule has 0 N–H and O–H groups in total. The summed E-state index contributed by atoms with van der Waals surface area (Å²) in [4.78, 5) is 27.9. The lowest BCUT2D eigenvalue weighted by molar-refractivity contribution is -0.130. The first-order valence-corrected chi connectivity index (χ1v) is 7.23. The van der Waals surface area contributed by atoms with Crippen LogP contribution < -0.4 is 4.74 Å². The number of likely N-dealkylation sites (tertiary alicyclic amines) is 1. The van der Waals surface area contributed by atoms with Crippen LogP contribution in [-0.2, 0) is 4.79 Å². The molecule has 1 aromatic carbocycles. The molecule has 0 spiro atoms. The van der Waals surface area contributed by atoms with Gasteiger partial charge in [0.05, 0.1) is 20.2 Å². The zero-order valence-corrected chi connectivity index (χ0v) is 12.7. The highest BCUT2D eigenvalue weighted by Gasteiger charge is 2.20. The van der Waals surface area contributed by atoms with E-state index in [-0.39, 0.29) is 24.8 Å². The third-order valence-electron chi connectivity index (χ3n) is 3.67. The Morgan fingerprint density at radius 2 is 1.95 bits per heavy atom. The van der Waals surface area contributed by atoms with Crippen molar-refractivity contribution in [2.24, 2.45) is 0 Å². The van der Waals surface area contributed by atoms with Gasteiger partial charge in [-0.15, -0.1) is 0 Å². The summed E-state index contributed by atoms with van der Waals surface area (Å²) in [6.45, 7) is 2.20. The molecule has 1 aliphatic heterocycles. The molecule has 1 saturated heterocycles. The van der Waals surface area contributed by atoms with Crippen LogP contribution in [0.5, 0.6) is 5.75 Å². The number of rotatable bonds is 6. The standard InChI is InChI=1S/C16H22N2O3/c1-17(12-16(20)18-8-3-4-9-18)11-15(19)13-6-5-7-14(10-13)21-2/h5-7,10H,3-4,8-9,11-12H2,1-2H3. The molecular formula is C16H22N2O3. The molecule has 0 bridgehead atoms. The number of ether oxygens (including phenoxy) is 1. The molecule has 2 rings (SSSR count). The van der Waals surface area contributed by atoms with Crippen LogP contribution in [0.15, 0.2) is 24.3 Å². The number of carbonyl (C=O) groups excluding carboxylic acids is 2. The van der Waals surface area contributed by atoms with E-state index in [9.17, 15) is 9.59 Å². The third-order valence-corrected chi connectivity index (χ3v) is 3.67. The second kappa shape index (κ2) is 7.22. The summed E-state index contributed by atoms with van der Waals surface area (Å²) in [6.07, 6.45) is 2.16. The highest BCUT2D eigenvalue weighted by molar-refractivity contribution is 5.98. The van der Waals surface area contributed by atoms with Crippen molar-refractivity contribution >= 4 is 11.7 Å². The Kier molecular flexibility index (Phi) is 5.33.